The van der Waals surface area contributed by atoms with Gasteiger partial charge >= 0.3 is 12.2 Å². The molecule has 3 amide bonds. The summed E-state index contributed by atoms with van der Waals surface area (Å²) >= 11 is 0. The summed E-state index contributed by atoms with van der Waals surface area (Å²) in [5, 5.41) is 5.13. The van der Waals surface area contributed by atoms with Crippen molar-refractivity contribution in [1.29, 1.82) is 0 Å². The molecule has 34 heavy (non-hydrogen) atoms. The van der Waals surface area contributed by atoms with Gasteiger partial charge < -0.3 is 20.3 Å². The molecule has 0 aliphatic carbocycles. The van der Waals surface area contributed by atoms with Crippen LogP contribution in [0.3, 0.4) is 0 Å². The summed E-state index contributed by atoms with van der Waals surface area (Å²) in [6.07, 6.45) is -3.99. The van der Waals surface area contributed by atoms with Gasteiger partial charge in [-0.1, -0.05) is 12.1 Å². The molecule has 1 aliphatic heterocycles. The van der Waals surface area contributed by atoms with E-state index in [-0.39, 0.29) is 24.1 Å². The van der Waals surface area contributed by atoms with Crippen molar-refractivity contribution in [3.63, 3.8) is 0 Å². The summed E-state index contributed by atoms with van der Waals surface area (Å²) in [6.45, 7) is 2.34. The average molecular weight is 482 g/mol. The molecule has 2 aromatic carbocycles. The predicted octanol–water partition coefficient (Wildman–Crippen LogP) is 3.58. The number of alkyl halides is 3. The molecular weight excluding hydrogens is 456 g/mol. The molecule has 0 atom stereocenters. The number of hydrogen-bond donors (Lipinski definition) is 2. The molecule has 0 saturated carbocycles. The minimum absolute atomic E-state index is 0.0671. The zero-order valence-corrected chi connectivity index (χ0v) is 18.4. The van der Waals surface area contributed by atoms with Crippen molar-refractivity contribution in [2.45, 2.75) is 12.6 Å². The second kappa shape index (κ2) is 11.7. The van der Waals surface area contributed by atoms with Gasteiger partial charge in [-0.25, -0.2) is 9.18 Å². The van der Waals surface area contributed by atoms with Crippen molar-refractivity contribution in [2.24, 2.45) is 0 Å². The molecule has 2 aromatic rings. The van der Waals surface area contributed by atoms with Crippen LogP contribution in [0.25, 0.3) is 0 Å². The van der Waals surface area contributed by atoms with Crippen LogP contribution >= 0.6 is 0 Å². The Morgan fingerprint density at radius 3 is 2.32 bits per heavy atom. The highest BCUT2D eigenvalue weighted by atomic mass is 19.4. The fourth-order valence-corrected chi connectivity index (χ4v) is 3.44. The van der Waals surface area contributed by atoms with Gasteiger partial charge in [0.15, 0.2) is 0 Å². The first kappa shape index (κ1) is 25.3. The average Bonchev–Trinajstić information content (AvgIpc) is 2.80. The molecule has 7 nitrogen and oxygen atoms in total. The first-order valence-corrected chi connectivity index (χ1v) is 10.8. The second-order valence-electron chi connectivity index (χ2n) is 7.74. The largest absolute Gasteiger partial charge is 0.494 e. The number of benzene rings is 2. The molecule has 1 aliphatic rings. The first-order chi connectivity index (χ1) is 16.2. The number of amides is 3. The third kappa shape index (κ3) is 7.62. The van der Waals surface area contributed by atoms with Gasteiger partial charge in [0.05, 0.1) is 24.4 Å². The van der Waals surface area contributed by atoms with E-state index in [1.165, 1.54) is 42.5 Å². The lowest BCUT2D eigenvalue weighted by molar-refractivity contribution is -0.137. The normalized spacial score (nSPS) is 14.5. The van der Waals surface area contributed by atoms with Crippen LogP contribution in [0.5, 0.6) is 5.75 Å². The molecule has 0 spiro atoms. The number of carbonyl (C=O) groups excluding carboxylic acids is 2. The second-order valence-corrected chi connectivity index (χ2v) is 7.74. The SMILES string of the molecule is O=C(CN1CCN(C(=O)NCCCOc2ccc(F)cc2)CC1)Nc1ccccc1C(F)(F)F. The number of ether oxygens (including phenoxy) is 1. The minimum Gasteiger partial charge on any atom is -0.494 e. The zero-order chi connectivity index (χ0) is 24.6. The van der Waals surface area contributed by atoms with Crippen LogP contribution in [-0.4, -0.2) is 67.6 Å². The number of rotatable bonds is 8. The van der Waals surface area contributed by atoms with Crippen molar-refractivity contribution >= 4 is 17.6 Å². The molecule has 3 rings (SSSR count). The number of hydrogen-bond acceptors (Lipinski definition) is 4. The zero-order valence-electron chi connectivity index (χ0n) is 18.4. The lowest BCUT2D eigenvalue weighted by Gasteiger charge is -2.34. The molecule has 1 saturated heterocycles. The number of carbonyl (C=O) groups is 2. The van der Waals surface area contributed by atoms with E-state index in [2.05, 4.69) is 10.6 Å². The van der Waals surface area contributed by atoms with E-state index >= 15 is 0 Å². The van der Waals surface area contributed by atoms with Gasteiger partial charge in [0.25, 0.3) is 0 Å². The Kier molecular flexibility index (Phi) is 8.69. The molecule has 11 heteroatoms. The third-order valence-electron chi connectivity index (χ3n) is 5.21. The van der Waals surface area contributed by atoms with Gasteiger partial charge in [0.2, 0.25) is 5.91 Å². The van der Waals surface area contributed by atoms with E-state index in [9.17, 15) is 27.2 Å². The Labute approximate surface area is 194 Å². The van der Waals surface area contributed by atoms with E-state index in [0.717, 1.165) is 6.07 Å². The van der Waals surface area contributed by atoms with E-state index in [1.807, 2.05) is 0 Å². The number of urea groups is 1. The highest BCUT2D eigenvalue weighted by Gasteiger charge is 2.33. The maximum atomic E-state index is 13.1. The van der Waals surface area contributed by atoms with E-state index in [4.69, 9.17) is 4.74 Å². The van der Waals surface area contributed by atoms with Crippen LogP contribution in [0.2, 0.25) is 0 Å². The van der Waals surface area contributed by atoms with Crippen molar-refractivity contribution < 1.29 is 31.9 Å². The lowest BCUT2D eigenvalue weighted by atomic mass is 10.1. The number of anilines is 1. The monoisotopic (exact) mass is 482 g/mol. The summed E-state index contributed by atoms with van der Waals surface area (Å²) < 4.78 is 57.5. The first-order valence-electron chi connectivity index (χ1n) is 10.8. The maximum Gasteiger partial charge on any atom is 0.418 e. The Bertz CT molecular complexity index is 961. The fraction of sp³-hybridized carbons (Fsp3) is 0.391. The van der Waals surface area contributed by atoms with Crippen molar-refractivity contribution in [3.8, 4) is 5.75 Å². The number of nitrogens with one attached hydrogen (secondary N) is 2. The number of para-hydroxylation sites is 1. The van der Waals surface area contributed by atoms with Crippen LogP contribution in [0.1, 0.15) is 12.0 Å². The molecule has 0 bridgehead atoms. The molecule has 0 aromatic heterocycles. The Morgan fingerprint density at radius 1 is 0.971 bits per heavy atom. The standard InChI is InChI=1S/C23H26F4N4O3/c24-17-6-8-18(9-7-17)34-15-3-10-28-22(33)31-13-11-30(12-14-31)16-21(32)29-20-5-2-1-4-19(20)23(25,26)27/h1-2,4-9H,3,10-16H2,(H,28,33)(H,29,32). The summed E-state index contributed by atoms with van der Waals surface area (Å²) in [6, 6.07) is 10.3. The molecule has 184 valence electrons. The van der Waals surface area contributed by atoms with E-state index in [0.29, 0.717) is 51.5 Å². The number of piperazine rings is 1. The van der Waals surface area contributed by atoms with Gasteiger partial charge in [-0.15, -0.1) is 0 Å². The molecule has 1 fully saturated rings. The topological polar surface area (TPSA) is 73.9 Å². The van der Waals surface area contributed by atoms with Crippen molar-refractivity contribution in [2.75, 3.05) is 51.2 Å². The molecule has 1 heterocycles. The van der Waals surface area contributed by atoms with E-state index in [1.54, 1.807) is 9.80 Å². The highest BCUT2D eigenvalue weighted by Crippen LogP contribution is 2.34. The third-order valence-corrected chi connectivity index (χ3v) is 5.21. The Hall–Kier alpha value is -3.34. The van der Waals surface area contributed by atoms with E-state index < -0.39 is 17.6 Å². The quantitative estimate of drug-likeness (QED) is 0.446. The van der Waals surface area contributed by atoms with Gasteiger partial charge in [0.1, 0.15) is 11.6 Å². The van der Waals surface area contributed by atoms with Gasteiger partial charge in [-0.05, 0) is 42.8 Å². The fourth-order valence-electron chi connectivity index (χ4n) is 3.44. The Morgan fingerprint density at radius 2 is 1.65 bits per heavy atom. The van der Waals surface area contributed by atoms with Crippen molar-refractivity contribution in [3.05, 3.63) is 59.9 Å². The van der Waals surface area contributed by atoms with Crippen LogP contribution in [0, 0.1) is 5.82 Å². The highest BCUT2D eigenvalue weighted by molar-refractivity contribution is 5.93. The summed E-state index contributed by atoms with van der Waals surface area (Å²) in [5.74, 6) is -0.335. The van der Waals surface area contributed by atoms with Gasteiger partial charge in [-0.2, -0.15) is 13.2 Å². The summed E-state index contributed by atoms with van der Waals surface area (Å²) in [7, 11) is 0. The molecule has 2 N–H and O–H groups in total. The van der Waals surface area contributed by atoms with Crippen LogP contribution in [0.15, 0.2) is 48.5 Å². The molecule has 0 unspecified atom stereocenters. The molecular formula is C23H26F4N4O3. The van der Waals surface area contributed by atoms with Crippen LogP contribution < -0.4 is 15.4 Å². The van der Waals surface area contributed by atoms with Crippen LogP contribution in [0.4, 0.5) is 28.0 Å². The van der Waals surface area contributed by atoms with Crippen LogP contribution in [-0.2, 0) is 11.0 Å². The predicted molar refractivity (Wildman–Crippen MR) is 118 cm³/mol. The summed E-state index contributed by atoms with van der Waals surface area (Å²) in [5.41, 5.74) is -1.17. The smallest absolute Gasteiger partial charge is 0.418 e. The lowest BCUT2D eigenvalue weighted by Crippen LogP contribution is -2.53. The van der Waals surface area contributed by atoms with Crippen molar-refractivity contribution in [1.82, 2.24) is 15.1 Å². The number of nitrogens with zero attached hydrogens (tertiary/aromatic N) is 2. The molecule has 0 radical (unpaired) electrons. The van der Waals surface area contributed by atoms with Gasteiger partial charge in [0, 0.05) is 32.7 Å². The minimum atomic E-state index is -4.56. The Balaban J connectivity index is 1.33. The summed E-state index contributed by atoms with van der Waals surface area (Å²) in [4.78, 5) is 28.0. The maximum absolute atomic E-state index is 13.1. The number of halogens is 4. The van der Waals surface area contributed by atoms with Gasteiger partial charge in [-0.3, -0.25) is 9.69 Å².